The van der Waals surface area contributed by atoms with Crippen molar-refractivity contribution in [1.29, 1.82) is 0 Å². The molecule has 2 fully saturated rings. The van der Waals surface area contributed by atoms with E-state index < -0.39 is 0 Å². The third-order valence-corrected chi connectivity index (χ3v) is 4.01. The summed E-state index contributed by atoms with van der Waals surface area (Å²) in [5, 5.41) is 0. The molecule has 1 heterocycles. The van der Waals surface area contributed by atoms with E-state index >= 15 is 0 Å². The molecule has 1 aliphatic carbocycles. The molecule has 1 aliphatic heterocycles. The van der Waals surface area contributed by atoms with Crippen LogP contribution in [0.4, 0.5) is 0 Å². The predicted molar refractivity (Wildman–Crippen MR) is 64.4 cm³/mol. The Morgan fingerprint density at radius 2 is 1.81 bits per heavy atom. The normalized spacial score (nSPS) is 27.1. The highest BCUT2D eigenvalue weighted by molar-refractivity contribution is 5.78. The molecule has 2 rings (SSSR count). The van der Waals surface area contributed by atoms with Crippen LogP contribution in [0.2, 0.25) is 0 Å². The number of carbonyl (C=O) groups is 1. The lowest BCUT2D eigenvalue weighted by atomic mass is 9.96. The first-order valence-electron chi connectivity index (χ1n) is 6.98. The summed E-state index contributed by atoms with van der Waals surface area (Å²) in [5.41, 5.74) is 0. The fraction of sp³-hybridized carbons (Fsp3) is 0.929. The molecular formula is C14H24O2. The fourth-order valence-electron chi connectivity index (χ4n) is 3.00. The van der Waals surface area contributed by atoms with Crippen molar-refractivity contribution in [3.63, 3.8) is 0 Å². The Morgan fingerprint density at radius 1 is 1.06 bits per heavy atom. The van der Waals surface area contributed by atoms with Crippen LogP contribution in [0.1, 0.15) is 64.2 Å². The van der Waals surface area contributed by atoms with Crippen LogP contribution in [-0.4, -0.2) is 18.5 Å². The molecule has 1 unspecified atom stereocenters. The molecule has 0 spiro atoms. The molecule has 0 bridgehead atoms. The zero-order valence-electron chi connectivity index (χ0n) is 10.2. The van der Waals surface area contributed by atoms with Gasteiger partial charge in [0.1, 0.15) is 5.78 Å². The largest absolute Gasteiger partial charge is 0.378 e. The minimum absolute atomic E-state index is 0.376. The second kappa shape index (κ2) is 6.39. The first-order chi connectivity index (χ1) is 7.84. The molecule has 1 saturated carbocycles. The van der Waals surface area contributed by atoms with E-state index in [1.165, 1.54) is 38.5 Å². The first kappa shape index (κ1) is 12.1. The highest BCUT2D eigenvalue weighted by Crippen LogP contribution is 2.28. The van der Waals surface area contributed by atoms with Gasteiger partial charge in [0.15, 0.2) is 0 Å². The Labute approximate surface area is 98.7 Å². The zero-order valence-corrected chi connectivity index (χ0v) is 10.2. The number of ether oxygens (including phenoxy) is 1. The Morgan fingerprint density at radius 3 is 2.50 bits per heavy atom. The van der Waals surface area contributed by atoms with Crippen molar-refractivity contribution in [2.45, 2.75) is 70.3 Å². The van der Waals surface area contributed by atoms with Gasteiger partial charge in [-0.15, -0.1) is 0 Å². The van der Waals surface area contributed by atoms with Crippen molar-refractivity contribution in [2.24, 2.45) is 5.92 Å². The van der Waals surface area contributed by atoms with Crippen molar-refractivity contribution < 1.29 is 9.53 Å². The maximum Gasteiger partial charge on any atom is 0.133 e. The molecule has 92 valence electrons. The maximum absolute atomic E-state index is 11.8. The van der Waals surface area contributed by atoms with Crippen LogP contribution < -0.4 is 0 Å². The van der Waals surface area contributed by atoms with Gasteiger partial charge in [0.2, 0.25) is 0 Å². The second-order valence-electron chi connectivity index (χ2n) is 5.42. The van der Waals surface area contributed by atoms with E-state index in [-0.39, 0.29) is 0 Å². The Kier molecular flexibility index (Phi) is 4.83. The van der Waals surface area contributed by atoms with E-state index in [0.717, 1.165) is 32.3 Å². The lowest BCUT2D eigenvalue weighted by Crippen LogP contribution is -2.20. The molecule has 0 amide bonds. The van der Waals surface area contributed by atoms with Gasteiger partial charge in [0.25, 0.3) is 0 Å². The number of rotatable bonds is 5. The van der Waals surface area contributed by atoms with E-state index in [0.29, 0.717) is 17.8 Å². The molecule has 0 aromatic heterocycles. The zero-order chi connectivity index (χ0) is 11.2. The third kappa shape index (κ3) is 3.89. The molecular weight excluding hydrogens is 200 g/mol. The van der Waals surface area contributed by atoms with Crippen LogP contribution in [-0.2, 0) is 9.53 Å². The summed E-state index contributed by atoms with van der Waals surface area (Å²) in [7, 11) is 0. The lowest BCUT2D eigenvalue weighted by Gasteiger charge is -2.22. The van der Waals surface area contributed by atoms with Crippen LogP contribution in [0.3, 0.4) is 0 Å². The van der Waals surface area contributed by atoms with Crippen molar-refractivity contribution in [2.75, 3.05) is 6.61 Å². The monoisotopic (exact) mass is 224 g/mol. The van der Waals surface area contributed by atoms with Crippen molar-refractivity contribution in [3.8, 4) is 0 Å². The van der Waals surface area contributed by atoms with Gasteiger partial charge >= 0.3 is 0 Å². The van der Waals surface area contributed by atoms with Crippen LogP contribution >= 0.6 is 0 Å². The molecule has 0 radical (unpaired) electrons. The average molecular weight is 224 g/mol. The lowest BCUT2D eigenvalue weighted by molar-refractivity contribution is -0.121. The van der Waals surface area contributed by atoms with Crippen molar-refractivity contribution in [3.05, 3.63) is 0 Å². The fourth-order valence-corrected chi connectivity index (χ4v) is 3.00. The number of Topliss-reactive ketones (excluding diaryl/α,β-unsaturated/α-hetero) is 1. The Balaban J connectivity index is 1.59. The van der Waals surface area contributed by atoms with Gasteiger partial charge in [-0.3, -0.25) is 4.79 Å². The Bertz CT molecular complexity index is 213. The second-order valence-corrected chi connectivity index (χ2v) is 5.42. The summed E-state index contributed by atoms with van der Waals surface area (Å²) < 4.78 is 5.65. The van der Waals surface area contributed by atoms with Gasteiger partial charge in [-0.05, 0) is 31.6 Å². The third-order valence-electron chi connectivity index (χ3n) is 4.01. The van der Waals surface area contributed by atoms with Gasteiger partial charge in [-0.25, -0.2) is 0 Å². The SMILES string of the molecule is O=C(CCC1CCCCO1)CC1CCCC1. The topological polar surface area (TPSA) is 26.3 Å². The molecule has 0 aromatic carbocycles. The smallest absolute Gasteiger partial charge is 0.133 e. The summed E-state index contributed by atoms with van der Waals surface area (Å²) in [6.45, 7) is 0.904. The standard InChI is InChI=1S/C14H24O2/c15-13(11-12-5-1-2-6-12)8-9-14-7-3-4-10-16-14/h12,14H,1-11H2. The number of hydrogen-bond acceptors (Lipinski definition) is 2. The highest BCUT2D eigenvalue weighted by Gasteiger charge is 2.20. The van der Waals surface area contributed by atoms with E-state index in [2.05, 4.69) is 0 Å². The van der Waals surface area contributed by atoms with E-state index in [1.807, 2.05) is 0 Å². The first-order valence-corrected chi connectivity index (χ1v) is 6.98. The number of ketones is 1. The van der Waals surface area contributed by atoms with E-state index in [4.69, 9.17) is 4.74 Å². The van der Waals surface area contributed by atoms with E-state index in [9.17, 15) is 4.79 Å². The summed E-state index contributed by atoms with van der Waals surface area (Å²) in [6, 6.07) is 0. The van der Waals surface area contributed by atoms with Crippen LogP contribution in [0.15, 0.2) is 0 Å². The van der Waals surface area contributed by atoms with Crippen LogP contribution in [0.5, 0.6) is 0 Å². The number of carbonyl (C=O) groups excluding carboxylic acids is 1. The number of hydrogen-bond donors (Lipinski definition) is 0. The molecule has 16 heavy (non-hydrogen) atoms. The molecule has 2 aliphatic rings. The predicted octanol–water partition coefficient (Wildman–Crippen LogP) is 3.49. The molecule has 0 N–H and O–H groups in total. The molecule has 2 heteroatoms. The van der Waals surface area contributed by atoms with Gasteiger partial charge in [-0.2, -0.15) is 0 Å². The quantitative estimate of drug-likeness (QED) is 0.714. The van der Waals surface area contributed by atoms with Gasteiger partial charge in [0, 0.05) is 19.4 Å². The molecule has 1 atom stereocenters. The van der Waals surface area contributed by atoms with Crippen molar-refractivity contribution >= 4 is 5.78 Å². The summed E-state index contributed by atoms with van der Waals surface area (Å²) in [4.78, 5) is 11.8. The minimum Gasteiger partial charge on any atom is -0.378 e. The summed E-state index contributed by atoms with van der Waals surface area (Å²) in [5.74, 6) is 1.18. The van der Waals surface area contributed by atoms with Crippen LogP contribution in [0.25, 0.3) is 0 Å². The van der Waals surface area contributed by atoms with E-state index in [1.54, 1.807) is 0 Å². The van der Waals surface area contributed by atoms with Gasteiger partial charge in [0.05, 0.1) is 6.10 Å². The molecule has 1 saturated heterocycles. The molecule has 2 nitrogen and oxygen atoms in total. The van der Waals surface area contributed by atoms with Gasteiger partial charge < -0.3 is 4.74 Å². The molecule has 0 aromatic rings. The summed E-state index contributed by atoms with van der Waals surface area (Å²) >= 11 is 0. The van der Waals surface area contributed by atoms with Crippen molar-refractivity contribution in [1.82, 2.24) is 0 Å². The highest BCUT2D eigenvalue weighted by atomic mass is 16.5. The van der Waals surface area contributed by atoms with Crippen LogP contribution in [0, 0.1) is 5.92 Å². The average Bonchev–Trinajstić information content (AvgIpc) is 2.81. The minimum atomic E-state index is 0.376. The van der Waals surface area contributed by atoms with Gasteiger partial charge in [-0.1, -0.05) is 25.7 Å². The maximum atomic E-state index is 11.8. The Hall–Kier alpha value is -0.370. The summed E-state index contributed by atoms with van der Waals surface area (Å²) in [6.07, 6.45) is 11.8.